The molecule has 0 radical (unpaired) electrons. The highest BCUT2D eigenvalue weighted by Gasteiger charge is 2.25. The zero-order valence-corrected chi connectivity index (χ0v) is 14.5. The third kappa shape index (κ3) is 5.27. The molecule has 1 aliphatic rings. The summed E-state index contributed by atoms with van der Waals surface area (Å²) in [6.07, 6.45) is 1.00. The first kappa shape index (κ1) is 19.4. The molecule has 1 atom stereocenters. The molecule has 1 aromatic carbocycles. The van der Waals surface area contributed by atoms with Crippen molar-refractivity contribution in [3.05, 3.63) is 39.9 Å². The molecule has 0 spiro atoms. The molecule has 9 heteroatoms. The van der Waals surface area contributed by atoms with Crippen molar-refractivity contribution in [3.8, 4) is 0 Å². The summed E-state index contributed by atoms with van der Waals surface area (Å²) in [5.41, 5.74) is 0.142. The highest BCUT2D eigenvalue weighted by molar-refractivity contribution is 5.94. The predicted octanol–water partition coefficient (Wildman–Crippen LogP) is 1.27. The van der Waals surface area contributed by atoms with Crippen LogP contribution < -0.4 is 5.32 Å². The van der Waals surface area contributed by atoms with Crippen LogP contribution in [0.3, 0.4) is 0 Å². The van der Waals surface area contributed by atoms with Gasteiger partial charge in [0.05, 0.1) is 11.3 Å². The molecule has 0 aliphatic carbocycles. The highest BCUT2D eigenvalue weighted by Crippen LogP contribution is 2.12. The van der Waals surface area contributed by atoms with Gasteiger partial charge in [-0.3, -0.25) is 24.5 Å². The van der Waals surface area contributed by atoms with Crippen LogP contribution in [0.4, 0.5) is 5.69 Å². The quantitative estimate of drug-likeness (QED) is 0.443. The number of carbonyl (C=O) groups excluding carboxylic acids is 3. The number of likely N-dealkylation sites (tertiary alicyclic amines) is 1. The second-order valence-electron chi connectivity index (χ2n) is 5.97. The summed E-state index contributed by atoms with van der Waals surface area (Å²) in [6, 6.07) is 5.13. The van der Waals surface area contributed by atoms with Gasteiger partial charge < -0.3 is 15.0 Å². The third-order valence-corrected chi connectivity index (χ3v) is 4.03. The smallest absolute Gasteiger partial charge is 0.308 e. The molecule has 1 aliphatic heterocycles. The summed E-state index contributed by atoms with van der Waals surface area (Å²) >= 11 is 0. The fourth-order valence-electron chi connectivity index (χ4n) is 2.62. The molecule has 1 heterocycles. The molecule has 26 heavy (non-hydrogen) atoms. The number of carbonyl (C=O) groups is 3. The zero-order valence-electron chi connectivity index (χ0n) is 14.5. The van der Waals surface area contributed by atoms with Crippen LogP contribution >= 0.6 is 0 Å². The van der Waals surface area contributed by atoms with Gasteiger partial charge in [-0.2, -0.15) is 0 Å². The van der Waals surface area contributed by atoms with Gasteiger partial charge in [-0.15, -0.1) is 0 Å². The van der Waals surface area contributed by atoms with Crippen LogP contribution in [-0.4, -0.2) is 53.3 Å². The molecular formula is C17H21N3O6. The Morgan fingerprint density at radius 3 is 2.42 bits per heavy atom. The van der Waals surface area contributed by atoms with Crippen LogP contribution in [0.15, 0.2) is 24.3 Å². The van der Waals surface area contributed by atoms with Gasteiger partial charge in [-0.05, 0) is 31.9 Å². The summed E-state index contributed by atoms with van der Waals surface area (Å²) in [5, 5.41) is 13.1. The second-order valence-corrected chi connectivity index (χ2v) is 5.97. The van der Waals surface area contributed by atoms with Gasteiger partial charge in [-0.1, -0.05) is 0 Å². The largest absolute Gasteiger partial charge is 0.452 e. The third-order valence-electron chi connectivity index (χ3n) is 4.03. The fraction of sp³-hybridized carbons (Fsp3) is 0.471. The summed E-state index contributed by atoms with van der Waals surface area (Å²) in [4.78, 5) is 47.5. The number of hydrogen-bond donors (Lipinski definition) is 1. The number of ether oxygens (including phenoxy) is 1. The lowest BCUT2D eigenvalue weighted by molar-refractivity contribution is -0.384. The van der Waals surface area contributed by atoms with Crippen LogP contribution in [0.1, 0.15) is 36.5 Å². The van der Waals surface area contributed by atoms with E-state index in [9.17, 15) is 24.5 Å². The van der Waals surface area contributed by atoms with Crippen molar-refractivity contribution in [2.75, 3.05) is 19.6 Å². The van der Waals surface area contributed by atoms with E-state index < -0.39 is 22.9 Å². The maximum absolute atomic E-state index is 12.1. The Hall–Kier alpha value is -2.97. The van der Waals surface area contributed by atoms with Crippen LogP contribution in [0.5, 0.6) is 0 Å². The Morgan fingerprint density at radius 1 is 1.23 bits per heavy atom. The maximum Gasteiger partial charge on any atom is 0.308 e. The number of amides is 2. The van der Waals surface area contributed by atoms with Crippen LogP contribution in [0.25, 0.3) is 0 Å². The van der Waals surface area contributed by atoms with Gasteiger partial charge in [-0.25, -0.2) is 0 Å². The molecular weight excluding hydrogens is 342 g/mol. The first-order valence-corrected chi connectivity index (χ1v) is 8.39. The highest BCUT2D eigenvalue weighted by atomic mass is 16.6. The topological polar surface area (TPSA) is 119 Å². The molecule has 9 nitrogen and oxygen atoms in total. The van der Waals surface area contributed by atoms with E-state index in [1.54, 1.807) is 4.90 Å². The van der Waals surface area contributed by atoms with Gasteiger partial charge in [0.15, 0.2) is 6.10 Å². The molecule has 1 saturated heterocycles. The van der Waals surface area contributed by atoms with Gasteiger partial charge in [0.1, 0.15) is 0 Å². The Labute approximate surface area is 150 Å². The molecule has 1 unspecified atom stereocenters. The van der Waals surface area contributed by atoms with Crippen LogP contribution in [-0.2, 0) is 14.3 Å². The van der Waals surface area contributed by atoms with E-state index in [0.717, 1.165) is 12.8 Å². The lowest BCUT2D eigenvalue weighted by Gasteiger charge is -2.20. The molecule has 2 amide bonds. The van der Waals surface area contributed by atoms with E-state index in [-0.39, 0.29) is 30.1 Å². The normalized spacial score (nSPS) is 14.6. The Morgan fingerprint density at radius 2 is 1.85 bits per heavy atom. The molecule has 1 fully saturated rings. The SMILES string of the molecule is CC(OC(=O)CCNC(=O)c1ccc([N+](=O)[O-])cc1)C(=O)N1CCCC1. The summed E-state index contributed by atoms with van der Waals surface area (Å²) < 4.78 is 5.10. The van der Waals surface area contributed by atoms with Gasteiger partial charge in [0.25, 0.3) is 17.5 Å². The molecule has 0 saturated carbocycles. The average molecular weight is 363 g/mol. The standard InChI is InChI=1S/C17H21N3O6/c1-12(17(23)19-10-2-3-11-19)26-15(21)8-9-18-16(22)13-4-6-14(7-5-13)20(24)25/h4-7,12H,2-3,8-11H2,1H3,(H,18,22). The number of nitro benzene ring substituents is 1. The van der Waals surface area contributed by atoms with E-state index in [0.29, 0.717) is 13.1 Å². The minimum absolute atomic E-state index is 0.0410. The lowest BCUT2D eigenvalue weighted by Crippen LogP contribution is -2.38. The number of hydrogen-bond acceptors (Lipinski definition) is 6. The molecule has 0 bridgehead atoms. The van der Waals surface area contributed by atoms with E-state index in [4.69, 9.17) is 4.74 Å². The average Bonchev–Trinajstić information content (AvgIpc) is 3.15. The predicted molar refractivity (Wildman–Crippen MR) is 91.4 cm³/mol. The molecule has 2 rings (SSSR count). The van der Waals surface area contributed by atoms with Gasteiger partial charge in [0, 0.05) is 37.3 Å². The van der Waals surface area contributed by atoms with Crippen molar-refractivity contribution in [2.45, 2.75) is 32.3 Å². The van der Waals surface area contributed by atoms with Crippen molar-refractivity contribution in [2.24, 2.45) is 0 Å². The number of rotatable bonds is 7. The van der Waals surface area contributed by atoms with Crippen molar-refractivity contribution in [1.29, 1.82) is 0 Å². The number of nitrogens with zero attached hydrogens (tertiary/aromatic N) is 2. The monoisotopic (exact) mass is 363 g/mol. The Balaban J connectivity index is 1.72. The minimum atomic E-state index is -0.842. The number of non-ortho nitro benzene ring substituents is 1. The molecule has 1 aromatic rings. The second kappa shape index (κ2) is 8.93. The summed E-state index contributed by atoms with van der Waals surface area (Å²) in [7, 11) is 0. The van der Waals surface area contributed by atoms with Crippen LogP contribution in [0, 0.1) is 10.1 Å². The number of esters is 1. The van der Waals surface area contributed by atoms with Crippen molar-refractivity contribution in [3.63, 3.8) is 0 Å². The Kier molecular flexibility index (Phi) is 6.65. The van der Waals surface area contributed by atoms with Crippen molar-refractivity contribution < 1.29 is 24.0 Å². The number of nitrogens with one attached hydrogen (secondary N) is 1. The van der Waals surface area contributed by atoms with Crippen LogP contribution in [0.2, 0.25) is 0 Å². The first-order valence-electron chi connectivity index (χ1n) is 8.39. The van der Waals surface area contributed by atoms with E-state index >= 15 is 0 Å². The maximum atomic E-state index is 12.1. The lowest BCUT2D eigenvalue weighted by atomic mass is 10.2. The number of benzene rings is 1. The summed E-state index contributed by atoms with van der Waals surface area (Å²) in [5.74, 6) is -1.23. The Bertz CT molecular complexity index is 682. The molecule has 1 N–H and O–H groups in total. The van der Waals surface area contributed by atoms with Crippen molar-refractivity contribution >= 4 is 23.5 Å². The number of nitro groups is 1. The first-order chi connectivity index (χ1) is 12.4. The van der Waals surface area contributed by atoms with Gasteiger partial charge >= 0.3 is 5.97 Å². The fourth-order valence-corrected chi connectivity index (χ4v) is 2.62. The molecule has 0 aromatic heterocycles. The summed E-state index contributed by atoms with van der Waals surface area (Å²) in [6.45, 7) is 2.95. The van der Waals surface area contributed by atoms with Gasteiger partial charge in [0.2, 0.25) is 0 Å². The van der Waals surface area contributed by atoms with E-state index in [1.807, 2.05) is 0 Å². The zero-order chi connectivity index (χ0) is 19.1. The van der Waals surface area contributed by atoms with Crippen molar-refractivity contribution in [1.82, 2.24) is 10.2 Å². The minimum Gasteiger partial charge on any atom is -0.452 e. The van der Waals surface area contributed by atoms with E-state index in [1.165, 1.54) is 31.2 Å². The molecule has 140 valence electrons. The van der Waals surface area contributed by atoms with E-state index in [2.05, 4.69) is 5.32 Å².